The van der Waals surface area contributed by atoms with E-state index >= 15 is 0 Å². The first-order chi connectivity index (χ1) is 6.66. The van der Waals surface area contributed by atoms with Crippen LogP contribution in [0.2, 0.25) is 0 Å². The Hall–Kier alpha value is -0.540. The van der Waals surface area contributed by atoms with Crippen molar-refractivity contribution in [3.05, 3.63) is 28.2 Å². The first-order valence-electron chi connectivity index (χ1n) is 4.81. The molecular formula is C11H14BrNO. The van der Waals surface area contributed by atoms with Gasteiger partial charge in [0.15, 0.2) is 0 Å². The summed E-state index contributed by atoms with van der Waals surface area (Å²) in [5.74, 6) is 0.344. The van der Waals surface area contributed by atoms with Gasteiger partial charge in [0.1, 0.15) is 5.75 Å². The predicted molar refractivity (Wildman–Crippen MR) is 60.6 cm³/mol. The molecule has 3 heteroatoms. The number of likely N-dealkylation sites (N-methyl/N-ethyl adjacent to an activating group) is 1. The van der Waals surface area contributed by atoms with Gasteiger partial charge in [0.2, 0.25) is 0 Å². The minimum atomic E-state index is 0.274. The molecule has 0 radical (unpaired) electrons. The largest absolute Gasteiger partial charge is 0.508 e. The molecule has 0 saturated heterocycles. The number of hydrogen-bond acceptors (Lipinski definition) is 2. The Morgan fingerprint density at radius 3 is 2.64 bits per heavy atom. The van der Waals surface area contributed by atoms with Crippen LogP contribution in [0.1, 0.15) is 18.4 Å². The zero-order valence-electron chi connectivity index (χ0n) is 8.18. The molecule has 1 aromatic carbocycles. The summed E-state index contributed by atoms with van der Waals surface area (Å²) in [4.78, 5) is 0. The van der Waals surface area contributed by atoms with Gasteiger partial charge in [-0.15, -0.1) is 0 Å². The lowest BCUT2D eigenvalue weighted by molar-refractivity contribution is 0.472. The topological polar surface area (TPSA) is 32.3 Å². The van der Waals surface area contributed by atoms with E-state index < -0.39 is 0 Å². The van der Waals surface area contributed by atoms with Gasteiger partial charge in [0.25, 0.3) is 0 Å². The summed E-state index contributed by atoms with van der Waals surface area (Å²) in [5.41, 5.74) is 1.51. The molecule has 1 aromatic rings. The Morgan fingerprint density at radius 2 is 2.14 bits per heavy atom. The summed E-state index contributed by atoms with van der Waals surface area (Å²) >= 11 is 3.40. The van der Waals surface area contributed by atoms with Crippen molar-refractivity contribution in [1.29, 1.82) is 0 Å². The van der Waals surface area contributed by atoms with Gasteiger partial charge in [-0.05, 0) is 43.7 Å². The standard InChI is InChI=1S/C11H14BrNO/c1-13-7-11(2-3-11)8-4-9(12)6-10(14)5-8/h4-6,13-14H,2-3,7H2,1H3. The van der Waals surface area contributed by atoms with E-state index in [1.54, 1.807) is 6.07 Å². The zero-order chi connectivity index (χ0) is 10.2. The van der Waals surface area contributed by atoms with E-state index in [0.29, 0.717) is 5.75 Å². The maximum absolute atomic E-state index is 9.50. The lowest BCUT2D eigenvalue weighted by atomic mass is 9.96. The molecule has 0 unspecified atom stereocenters. The van der Waals surface area contributed by atoms with Gasteiger partial charge in [0, 0.05) is 16.4 Å². The number of phenolic OH excluding ortho intramolecular Hbond substituents is 1. The number of phenols is 1. The molecule has 1 aliphatic carbocycles. The second-order valence-electron chi connectivity index (χ2n) is 4.01. The Balaban J connectivity index is 2.32. The minimum Gasteiger partial charge on any atom is -0.508 e. The molecule has 0 bridgehead atoms. The SMILES string of the molecule is CNCC1(c2cc(O)cc(Br)c2)CC1. The smallest absolute Gasteiger partial charge is 0.116 e. The Bertz CT molecular complexity index is 327. The fraction of sp³-hybridized carbons (Fsp3) is 0.455. The summed E-state index contributed by atoms with van der Waals surface area (Å²) in [6, 6.07) is 5.69. The highest BCUT2D eigenvalue weighted by Crippen LogP contribution is 2.48. The molecule has 0 amide bonds. The van der Waals surface area contributed by atoms with Crippen LogP contribution in [0.4, 0.5) is 0 Å². The van der Waals surface area contributed by atoms with Crippen LogP contribution in [0.5, 0.6) is 5.75 Å². The number of aromatic hydroxyl groups is 1. The number of nitrogens with one attached hydrogen (secondary N) is 1. The minimum absolute atomic E-state index is 0.274. The van der Waals surface area contributed by atoms with E-state index in [0.717, 1.165) is 11.0 Å². The van der Waals surface area contributed by atoms with Crippen molar-refractivity contribution in [2.45, 2.75) is 18.3 Å². The molecule has 2 nitrogen and oxygen atoms in total. The average molecular weight is 256 g/mol. The lowest BCUT2D eigenvalue weighted by Crippen LogP contribution is -2.23. The zero-order valence-corrected chi connectivity index (χ0v) is 9.76. The van der Waals surface area contributed by atoms with E-state index in [1.165, 1.54) is 18.4 Å². The molecule has 0 heterocycles. The fourth-order valence-electron chi connectivity index (χ4n) is 1.94. The van der Waals surface area contributed by atoms with Crippen LogP contribution in [0.3, 0.4) is 0 Å². The maximum atomic E-state index is 9.50. The molecule has 0 aliphatic heterocycles. The average Bonchev–Trinajstić information content (AvgIpc) is 2.84. The first kappa shape index (κ1) is 9.99. The van der Waals surface area contributed by atoms with Crippen molar-refractivity contribution in [3.8, 4) is 5.75 Å². The molecule has 1 fully saturated rings. The highest BCUT2D eigenvalue weighted by Gasteiger charge is 2.43. The monoisotopic (exact) mass is 255 g/mol. The highest BCUT2D eigenvalue weighted by molar-refractivity contribution is 9.10. The van der Waals surface area contributed by atoms with E-state index in [1.807, 2.05) is 13.1 Å². The highest BCUT2D eigenvalue weighted by atomic mass is 79.9. The van der Waals surface area contributed by atoms with Gasteiger partial charge in [-0.1, -0.05) is 15.9 Å². The number of rotatable bonds is 3. The summed E-state index contributed by atoms with van der Waals surface area (Å²) in [5, 5.41) is 12.7. The molecule has 0 aromatic heterocycles. The molecule has 76 valence electrons. The Kier molecular flexibility index (Phi) is 2.54. The lowest BCUT2D eigenvalue weighted by Gasteiger charge is -2.15. The van der Waals surface area contributed by atoms with Crippen LogP contribution in [-0.4, -0.2) is 18.7 Å². The third kappa shape index (κ3) is 1.79. The van der Waals surface area contributed by atoms with Crippen molar-refractivity contribution >= 4 is 15.9 Å². The number of halogens is 1. The molecule has 1 aliphatic rings. The number of benzene rings is 1. The third-order valence-electron chi connectivity index (χ3n) is 2.86. The molecule has 1 saturated carbocycles. The molecule has 14 heavy (non-hydrogen) atoms. The van der Waals surface area contributed by atoms with Gasteiger partial charge < -0.3 is 10.4 Å². The first-order valence-corrected chi connectivity index (χ1v) is 5.60. The van der Waals surface area contributed by atoms with Crippen LogP contribution in [0.25, 0.3) is 0 Å². The van der Waals surface area contributed by atoms with Crippen LogP contribution in [0, 0.1) is 0 Å². The molecule has 2 rings (SSSR count). The van der Waals surface area contributed by atoms with Gasteiger partial charge in [0.05, 0.1) is 0 Å². The van der Waals surface area contributed by atoms with Crippen LogP contribution < -0.4 is 5.32 Å². The third-order valence-corrected chi connectivity index (χ3v) is 3.32. The van der Waals surface area contributed by atoms with Crippen molar-refractivity contribution < 1.29 is 5.11 Å². The number of hydrogen-bond donors (Lipinski definition) is 2. The molecule has 0 spiro atoms. The van der Waals surface area contributed by atoms with Crippen LogP contribution in [0.15, 0.2) is 22.7 Å². The Morgan fingerprint density at radius 1 is 1.43 bits per heavy atom. The molecule has 0 atom stereocenters. The van der Waals surface area contributed by atoms with Gasteiger partial charge in [-0.2, -0.15) is 0 Å². The fourth-order valence-corrected chi connectivity index (χ4v) is 2.42. The van der Waals surface area contributed by atoms with Crippen molar-refractivity contribution in [3.63, 3.8) is 0 Å². The van der Waals surface area contributed by atoms with E-state index in [2.05, 4.69) is 27.3 Å². The van der Waals surface area contributed by atoms with Crippen LogP contribution in [-0.2, 0) is 5.41 Å². The predicted octanol–water partition coefficient (Wildman–Crippen LogP) is 2.41. The second kappa shape index (κ2) is 3.55. The maximum Gasteiger partial charge on any atom is 0.116 e. The van der Waals surface area contributed by atoms with Gasteiger partial charge in [-0.3, -0.25) is 0 Å². The normalized spacial score (nSPS) is 18.1. The van der Waals surface area contributed by atoms with E-state index in [9.17, 15) is 5.11 Å². The molecular weight excluding hydrogens is 242 g/mol. The van der Waals surface area contributed by atoms with Gasteiger partial charge in [-0.25, -0.2) is 0 Å². The van der Waals surface area contributed by atoms with E-state index in [-0.39, 0.29) is 5.41 Å². The summed E-state index contributed by atoms with van der Waals surface area (Å²) < 4.78 is 0.954. The summed E-state index contributed by atoms with van der Waals surface area (Å²) in [7, 11) is 1.97. The van der Waals surface area contributed by atoms with Gasteiger partial charge >= 0.3 is 0 Å². The summed E-state index contributed by atoms with van der Waals surface area (Å²) in [6.07, 6.45) is 2.42. The second-order valence-corrected chi connectivity index (χ2v) is 4.92. The van der Waals surface area contributed by atoms with Crippen LogP contribution >= 0.6 is 15.9 Å². The Labute approximate surface area is 92.5 Å². The summed E-state index contributed by atoms with van der Waals surface area (Å²) in [6.45, 7) is 0.989. The van der Waals surface area contributed by atoms with Crippen molar-refractivity contribution in [2.75, 3.05) is 13.6 Å². The molecule has 2 N–H and O–H groups in total. The van der Waals surface area contributed by atoms with E-state index in [4.69, 9.17) is 0 Å². The van der Waals surface area contributed by atoms with Crippen molar-refractivity contribution in [1.82, 2.24) is 5.32 Å². The quantitative estimate of drug-likeness (QED) is 0.870. The van der Waals surface area contributed by atoms with Crippen molar-refractivity contribution in [2.24, 2.45) is 0 Å².